The highest BCUT2D eigenvalue weighted by atomic mass is 35.5. The molecule has 1 aliphatic heterocycles. The van der Waals surface area contributed by atoms with Gasteiger partial charge in [-0.2, -0.15) is 0 Å². The van der Waals surface area contributed by atoms with Crippen molar-refractivity contribution in [1.29, 1.82) is 0 Å². The Morgan fingerprint density at radius 3 is 2.66 bits per heavy atom. The summed E-state index contributed by atoms with van der Waals surface area (Å²) in [7, 11) is 0. The van der Waals surface area contributed by atoms with Gasteiger partial charge in [0.25, 0.3) is 5.91 Å². The van der Waals surface area contributed by atoms with E-state index in [-0.39, 0.29) is 36.7 Å². The van der Waals surface area contributed by atoms with Gasteiger partial charge in [-0.1, -0.05) is 54.1 Å². The van der Waals surface area contributed by atoms with E-state index in [1.165, 1.54) is 5.57 Å². The summed E-state index contributed by atoms with van der Waals surface area (Å²) in [5.41, 5.74) is 3.81. The van der Waals surface area contributed by atoms with E-state index in [4.69, 9.17) is 21.3 Å². The molecule has 3 unspecified atom stereocenters. The van der Waals surface area contributed by atoms with Crippen LogP contribution in [0.3, 0.4) is 0 Å². The van der Waals surface area contributed by atoms with Crippen LogP contribution in [0.25, 0.3) is 0 Å². The largest absolute Gasteiger partial charge is 0.489 e. The Kier molecular flexibility index (Phi) is 7.93. The van der Waals surface area contributed by atoms with Gasteiger partial charge >= 0.3 is 0 Å². The van der Waals surface area contributed by atoms with E-state index >= 15 is 0 Å². The number of fused-ring (bicyclic) bond motifs is 1. The normalized spacial score (nSPS) is 19.5. The molecule has 0 saturated heterocycles. The Bertz CT molecular complexity index is 1150. The maximum Gasteiger partial charge on any atom is 0.251 e. The third kappa shape index (κ3) is 6.13. The molecular formula is C28H32ClN3O3. The van der Waals surface area contributed by atoms with Crippen LogP contribution in [-0.2, 0) is 6.42 Å². The van der Waals surface area contributed by atoms with Crippen LogP contribution in [0.2, 0.25) is 5.02 Å². The lowest BCUT2D eigenvalue weighted by Crippen LogP contribution is -2.37. The lowest BCUT2D eigenvalue weighted by atomic mass is 9.97. The Morgan fingerprint density at radius 1 is 1.23 bits per heavy atom. The van der Waals surface area contributed by atoms with E-state index in [0.717, 1.165) is 17.0 Å². The summed E-state index contributed by atoms with van der Waals surface area (Å²) in [5.74, 6) is 1.21. The lowest BCUT2D eigenvalue weighted by Gasteiger charge is -2.19. The fourth-order valence-corrected chi connectivity index (χ4v) is 4.57. The van der Waals surface area contributed by atoms with Crippen LogP contribution in [0, 0.1) is 0 Å². The van der Waals surface area contributed by atoms with Crippen LogP contribution in [-0.4, -0.2) is 47.7 Å². The maximum absolute atomic E-state index is 12.9. The Hall–Kier alpha value is -3.09. The molecule has 0 radical (unpaired) electrons. The van der Waals surface area contributed by atoms with Crippen LogP contribution in [0.4, 0.5) is 0 Å². The number of hydrogen-bond donors (Lipinski definition) is 3. The number of ether oxygens (including phenoxy) is 1. The first-order valence-electron chi connectivity index (χ1n) is 12.0. The number of carbonyl (C=O) groups is 1. The van der Waals surface area contributed by atoms with Crippen molar-refractivity contribution < 1.29 is 14.6 Å². The van der Waals surface area contributed by atoms with Crippen molar-refractivity contribution in [2.45, 2.75) is 57.8 Å². The van der Waals surface area contributed by atoms with E-state index in [1.54, 1.807) is 18.2 Å². The number of allylic oxidation sites excluding steroid dienone is 2. The first kappa shape index (κ1) is 25.0. The average molecular weight is 494 g/mol. The number of benzene rings is 2. The van der Waals surface area contributed by atoms with Gasteiger partial charge in [0.15, 0.2) is 0 Å². The number of amides is 1. The molecule has 1 heterocycles. The zero-order valence-electron chi connectivity index (χ0n) is 20.3. The molecule has 3 N–H and O–H groups in total. The summed E-state index contributed by atoms with van der Waals surface area (Å²) in [6.07, 6.45) is 7.36. The average Bonchev–Trinajstić information content (AvgIpc) is 3.26. The molecule has 35 heavy (non-hydrogen) atoms. The Morgan fingerprint density at radius 2 is 2.00 bits per heavy atom. The first-order valence-corrected chi connectivity index (χ1v) is 12.4. The van der Waals surface area contributed by atoms with E-state index in [2.05, 4.69) is 35.8 Å². The van der Waals surface area contributed by atoms with Gasteiger partial charge in [-0.25, -0.2) is 0 Å². The van der Waals surface area contributed by atoms with Gasteiger partial charge in [-0.05, 0) is 62.9 Å². The molecule has 2 aliphatic rings. The lowest BCUT2D eigenvalue weighted by molar-refractivity contribution is 0.0930. The highest BCUT2D eigenvalue weighted by Crippen LogP contribution is 2.27. The van der Waals surface area contributed by atoms with E-state index in [1.807, 2.05) is 38.1 Å². The molecule has 2 aromatic carbocycles. The summed E-state index contributed by atoms with van der Waals surface area (Å²) in [4.78, 5) is 17.7. The molecule has 184 valence electrons. The summed E-state index contributed by atoms with van der Waals surface area (Å²) in [6, 6.07) is 13.3. The number of hydrogen-bond acceptors (Lipinski definition) is 5. The molecule has 1 amide bonds. The standard InChI is InChI=1S/C28H32ClN3O3/c1-17(2)35-25-12-11-21(16-23(25)29)28(34)30-22(13-14-33)15-19-7-9-20(10-8-19)27-31-24-6-4-5-18(3)26(24)32-27/h4-12,16-17,22,24,26,33H,13-15H2,1-3H3,(H,30,34)(H,31,32). The summed E-state index contributed by atoms with van der Waals surface area (Å²) < 4.78 is 5.64. The summed E-state index contributed by atoms with van der Waals surface area (Å²) >= 11 is 6.30. The van der Waals surface area contributed by atoms with Gasteiger partial charge in [0.05, 0.1) is 23.2 Å². The van der Waals surface area contributed by atoms with Crippen LogP contribution in [0.15, 0.2) is 71.3 Å². The molecule has 0 fully saturated rings. The molecule has 6 nitrogen and oxygen atoms in total. The third-order valence-corrected chi connectivity index (χ3v) is 6.43. The van der Waals surface area contributed by atoms with Crippen molar-refractivity contribution >= 4 is 23.3 Å². The van der Waals surface area contributed by atoms with Crippen molar-refractivity contribution in [3.8, 4) is 5.75 Å². The van der Waals surface area contributed by atoms with Gasteiger partial charge < -0.3 is 20.5 Å². The molecule has 2 aromatic rings. The first-order chi connectivity index (χ1) is 16.8. The predicted molar refractivity (Wildman–Crippen MR) is 140 cm³/mol. The van der Waals surface area contributed by atoms with Gasteiger partial charge in [-0.15, -0.1) is 0 Å². The van der Waals surface area contributed by atoms with Gasteiger partial charge in [-0.3, -0.25) is 9.79 Å². The highest BCUT2D eigenvalue weighted by molar-refractivity contribution is 6.32. The smallest absolute Gasteiger partial charge is 0.251 e. The molecule has 0 aromatic heterocycles. The number of aliphatic hydroxyl groups excluding tert-OH is 1. The van der Waals surface area contributed by atoms with Crippen molar-refractivity contribution in [2.24, 2.45) is 4.99 Å². The zero-order valence-corrected chi connectivity index (χ0v) is 21.0. The quantitative estimate of drug-likeness (QED) is 0.482. The summed E-state index contributed by atoms with van der Waals surface area (Å²) in [6.45, 7) is 5.93. The number of amidine groups is 1. The monoisotopic (exact) mass is 493 g/mol. The zero-order chi connectivity index (χ0) is 24.9. The van der Waals surface area contributed by atoms with Gasteiger partial charge in [0, 0.05) is 23.8 Å². The maximum atomic E-state index is 12.9. The van der Waals surface area contributed by atoms with Crippen molar-refractivity contribution in [3.63, 3.8) is 0 Å². The number of carbonyl (C=O) groups excluding carboxylic acids is 1. The second-order valence-electron chi connectivity index (χ2n) is 9.28. The fourth-order valence-electron chi connectivity index (χ4n) is 4.34. The number of aliphatic imine (C=N–C) groups is 1. The van der Waals surface area contributed by atoms with Crippen LogP contribution < -0.4 is 15.4 Å². The van der Waals surface area contributed by atoms with Crippen LogP contribution in [0.5, 0.6) is 5.75 Å². The number of halogens is 1. The molecule has 0 bridgehead atoms. The SMILES string of the molecule is CC1=CC=CC2NC(c3ccc(CC(CCO)NC(=O)c4ccc(OC(C)C)c(Cl)c4)cc3)=NC12. The van der Waals surface area contributed by atoms with Crippen molar-refractivity contribution in [2.75, 3.05) is 6.61 Å². The number of aliphatic hydroxyl groups is 1. The van der Waals surface area contributed by atoms with E-state index < -0.39 is 0 Å². The molecule has 7 heteroatoms. The van der Waals surface area contributed by atoms with Crippen LogP contribution in [0.1, 0.15) is 48.7 Å². The summed E-state index contributed by atoms with van der Waals surface area (Å²) in [5, 5.41) is 16.5. The van der Waals surface area contributed by atoms with Crippen LogP contribution >= 0.6 is 11.6 Å². The highest BCUT2D eigenvalue weighted by Gasteiger charge is 2.29. The fraction of sp³-hybridized carbons (Fsp3) is 0.357. The minimum Gasteiger partial charge on any atom is -0.489 e. The van der Waals surface area contributed by atoms with E-state index in [0.29, 0.717) is 29.2 Å². The number of nitrogens with zero attached hydrogens (tertiary/aromatic N) is 1. The molecule has 0 saturated carbocycles. The Balaban J connectivity index is 1.40. The Labute approximate surface area is 211 Å². The second kappa shape index (κ2) is 11.1. The van der Waals surface area contributed by atoms with Crippen molar-refractivity contribution in [1.82, 2.24) is 10.6 Å². The molecule has 0 spiro atoms. The minimum atomic E-state index is -0.235. The van der Waals surface area contributed by atoms with Gasteiger partial charge in [0.2, 0.25) is 0 Å². The minimum absolute atomic E-state index is 0.00838. The second-order valence-corrected chi connectivity index (χ2v) is 9.69. The molecule has 1 aliphatic carbocycles. The molecule has 4 rings (SSSR count). The number of nitrogens with one attached hydrogen (secondary N) is 2. The van der Waals surface area contributed by atoms with Crippen molar-refractivity contribution in [3.05, 3.63) is 88.0 Å². The predicted octanol–water partition coefficient (Wildman–Crippen LogP) is 4.45. The van der Waals surface area contributed by atoms with E-state index in [9.17, 15) is 9.90 Å². The molecule has 3 atom stereocenters. The number of rotatable bonds is 9. The third-order valence-electron chi connectivity index (χ3n) is 6.13. The topological polar surface area (TPSA) is 83.0 Å². The molecular weight excluding hydrogens is 462 g/mol. The van der Waals surface area contributed by atoms with Gasteiger partial charge in [0.1, 0.15) is 11.6 Å².